The van der Waals surface area contributed by atoms with Gasteiger partial charge in [-0.05, 0) is 70.3 Å². The summed E-state index contributed by atoms with van der Waals surface area (Å²) in [6.07, 6.45) is -0.938. The number of ether oxygens (including phenoxy) is 1. The van der Waals surface area contributed by atoms with Crippen molar-refractivity contribution in [2.45, 2.75) is 76.3 Å². The van der Waals surface area contributed by atoms with Crippen LogP contribution in [0.4, 0.5) is 22.0 Å². The summed E-state index contributed by atoms with van der Waals surface area (Å²) in [4.78, 5) is 31.7. The lowest BCUT2D eigenvalue weighted by molar-refractivity contribution is -0.196. The van der Waals surface area contributed by atoms with Gasteiger partial charge in [-0.1, -0.05) is 0 Å². The number of nitrogens with zero attached hydrogens (tertiary/aromatic N) is 3. The van der Waals surface area contributed by atoms with Gasteiger partial charge < -0.3 is 10.1 Å². The first-order valence-corrected chi connectivity index (χ1v) is 14.3. The van der Waals surface area contributed by atoms with Crippen LogP contribution in [0.5, 0.6) is 5.88 Å². The number of aromatic nitrogens is 3. The number of hydrogen-bond acceptors (Lipinski definition) is 6. The molecule has 1 saturated heterocycles. The van der Waals surface area contributed by atoms with Crippen LogP contribution in [-0.2, 0) is 4.79 Å². The van der Waals surface area contributed by atoms with Gasteiger partial charge in [-0.15, -0.1) is 0 Å². The molecule has 0 radical (unpaired) electrons. The quantitative estimate of drug-likeness (QED) is 0.324. The molecule has 42 heavy (non-hydrogen) atoms. The maximum atomic E-state index is 14.4. The lowest BCUT2D eigenvalue weighted by Crippen LogP contribution is -2.59. The highest BCUT2D eigenvalue weighted by Gasteiger charge is 2.50. The monoisotopic (exact) mass is 597 g/mol. The molecule has 2 N–H and O–H groups in total. The van der Waals surface area contributed by atoms with Crippen LogP contribution in [0.25, 0.3) is 11.3 Å². The van der Waals surface area contributed by atoms with Crippen molar-refractivity contribution in [1.29, 1.82) is 0 Å². The molecule has 1 aliphatic heterocycles. The van der Waals surface area contributed by atoms with Crippen LogP contribution >= 0.6 is 0 Å². The molecule has 230 valence electrons. The number of fused-ring (bicyclic) bond motifs is 2. The summed E-state index contributed by atoms with van der Waals surface area (Å²) in [5, 5.41) is 9.82. The van der Waals surface area contributed by atoms with Gasteiger partial charge >= 0.3 is 6.18 Å². The molecule has 3 aliphatic rings. The van der Waals surface area contributed by atoms with E-state index in [-0.39, 0.29) is 78.4 Å². The van der Waals surface area contributed by atoms with Gasteiger partial charge in [-0.2, -0.15) is 18.3 Å². The zero-order valence-corrected chi connectivity index (χ0v) is 23.8. The minimum atomic E-state index is -4.47. The number of alkyl halides is 4. The molecule has 2 aromatic rings. The van der Waals surface area contributed by atoms with Gasteiger partial charge in [0.25, 0.3) is 0 Å². The zero-order valence-electron chi connectivity index (χ0n) is 23.8. The Balaban J connectivity index is 1.22. The molecule has 2 aromatic heterocycles. The highest BCUT2D eigenvalue weighted by Crippen LogP contribution is 2.50. The Kier molecular flexibility index (Phi) is 8.34. The van der Waals surface area contributed by atoms with Gasteiger partial charge in [0.1, 0.15) is 17.4 Å². The van der Waals surface area contributed by atoms with Crippen molar-refractivity contribution in [3.8, 4) is 17.1 Å². The van der Waals surface area contributed by atoms with Crippen molar-refractivity contribution in [2.75, 3.05) is 20.2 Å². The van der Waals surface area contributed by atoms with Crippen LogP contribution < -0.4 is 10.1 Å². The van der Waals surface area contributed by atoms with E-state index in [1.54, 1.807) is 0 Å². The number of aromatic amines is 1. The number of methoxy groups -OCH3 is 1. The number of hydrogen-bond donors (Lipinski definition) is 2. The molecule has 13 heteroatoms. The van der Waals surface area contributed by atoms with Gasteiger partial charge in [0.2, 0.25) is 11.8 Å². The second kappa shape index (κ2) is 11.5. The average Bonchev–Trinajstić information content (AvgIpc) is 3.49. The Hall–Kier alpha value is -3.09. The van der Waals surface area contributed by atoms with Crippen LogP contribution in [0, 0.1) is 29.5 Å². The second-order valence-corrected chi connectivity index (χ2v) is 12.5. The van der Waals surface area contributed by atoms with Crippen LogP contribution in [-0.4, -0.2) is 75.9 Å². The molecule has 3 fully saturated rings. The smallest absolute Gasteiger partial charge is 0.404 e. The third-order valence-corrected chi connectivity index (χ3v) is 8.92. The van der Waals surface area contributed by atoms with E-state index in [0.717, 1.165) is 23.9 Å². The Morgan fingerprint density at radius 1 is 1.10 bits per heavy atom. The van der Waals surface area contributed by atoms with E-state index < -0.39 is 29.7 Å². The van der Waals surface area contributed by atoms with E-state index in [0.29, 0.717) is 18.5 Å². The first-order chi connectivity index (χ1) is 19.7. The van der Waals surface area contributed by atoms with E-state index in [2.05, 4.69) is 20.5 Å². The van der Waals surface area contributed by atoms with E-state index in [4.69, 9.17) is 4.74 Å². The molecular formula is C29H36F5N5O3. The number of carbonyl (C=O) groups excluding carboxylic acids is 2. The molecule has 2 bridgehead atoms. The molecule has 2 saturated carbocycles. The normalized spacial score (nSPS) is 28.5. The molecule has 2 aliphatic carbocycles. The fraction of sp³-hybridized carbons (Fsp3) is 0.655. The number of nitrogens with one attached hydrogen (secondary N) is 2. The number of piperidine rings is 1. The summed E-state index contributed by atoms with van der Waals surface area (Å²) in [5.74, 6) is -1.48. The Labute approximate surface area is 240 Å². The number of amides is 1. The lowest BCUT2D eigenvalue weighted by Gasteiger charge is -2.42. The zero-order chi connectivity index (χ0) is 30.4. The largest absolute Gasteiger partial charge is 0.481 e. The third-order valence-electron chi connectivity index (χ3n) is 8.92. The van der Waals surface area contributed by atoms with Crippen molar-refractivity contribution in [3.05, 3.63) is 29.8 Å². The van der Waals surface area contributed by atoms with Crippen LogP contribution in [0.15, 0.2) is 18.3 Å². The second-order valence-electron chi connectivity index (χ2n) is 12.5. The number of H-pyrrole nitrogens is 1. The molecule has 6 atom stereocenters. The number of pyridine rings is 1. The van der Waals surface area contributed by atoms with E-state index >= 15 is 0 Å². The summed E-state index contributed by atoms with van der Waals surface area (Å²) < 4.78 is 74.5. The highest BCUT2D eigenvalue weighted by molar-refractivity contribution is 5.98. The molecule has 1 unspecified atom stereocenters. The van der Waals surface area contributed by atoms with Crippen LogP contribution in [0.2, 0.25) is 0 Å². The van der Waals surface area contributed by atoms with E-state index in [1.807, 2.05) is 0 Å². The van der Waals surface area contributed by atoms with Crippen molar-refractivity contribution in [1.82, 2.24) is 25.4 Å². The first kappa shape index (κ1) is 30.4. The molecule has 0 aromatic carbocycles. The van der Waals surface area contributed by atoms with Crippen molar-refractivity contribution in [3.63, 3.8) is 0 Å². The molecule has 0 spiro atoms. The SMILES string of the molecule is COc1cc(-c2cc(C(=O)C3[C@@H]4CC[C@H]3C[C@H](C(=O)N[C@H]3CC[C@@H](C(F)(F)F)N(CC(C)(C)F)C3)C4)n[nH]2)c(F)cn1. The number of likely N-dealkylation sites (tertiary alicyclic amines) is 1. The maximum Gasteiger partial charge on any atom is 0.404 e. The average molecular weight is 598 g/mol. The Morgan fingerprint density at radius 3 is 2.40 bits per heavy atom. The van der Waals surface area contributed by atoms with Crippen molar-refractivity contribution < 1.29 is 36.3 Å². The predicted octanol–water partition coefficient (Wildman–Crippen LogP) is 5.11. The van der Waals surface area contributed by atoms with Crippen molar-refractivity contribution in [2.24, 2.45) is 23.7 Å². The van der Waals surface area contributed by atoms with Crippen LogP contribution in [0.1, 0.15) is 62.9 Å². The number of carbonyl (C=O) groups is 2. The number of Topliss-reactive ketones (excluding diaryl/α,β-unsaturated/α-hetero) is 1. The topological polar surface area (TPSA) is 100 Å². The number of halogens is 5. The van der Waals surface area contributed by atoms with Gasteiger partial charge in [0.15, 0.2) is 11.6 Å². The third kappa shape index (κ3) is 6.45. The number of ketones is 1. The van der Waals surface area contributed by atoms with Gasteiger partial charge in [-0.3, -0.25) is 19.6 Å². The molecule has 1 amide bonds. The van der Waals surface area contributed by atoms with E-state index in [9.17, 15) is 31.5 Å². The molecular weight excluding hydrogens is 561 g/mol. The first-order valence-electron chi connectivity index (χ1n) is 14.3. The standard InChI is InChI=1S/C29H36F5N5O3/c1-28(2,31)14-39-13-18(6-7-23(39)29(32,33)34)36-27(41)17-8-15-4-5-16(9-17)25(15)26(40)22-11-21(37-38-22)19-10-24(42-3)35-12-20(19)30/h10-12,15-18,23,25H,4-9,13-14H2,1-3H3,(H,36,41)(H,37,38)/t15-,16+,17-,18-,23-,25?/m0/s1. The minimum Gasteiger partial charge on any atom is -0.481 e. The van der Waals surface area contributed by atoms with E-state index in [1.165, 1.54) is 33.1 Å². The summed E-state index contributed by atoms with van der Waals surface area (Å²) >= 11 is 0. The van der Waals surface area contributed by atoms with Gasteiger partial charge in [0.05, 0.1) is 19.0 Å². The van der Waals surface area contributed by atoms with Gasteiger partial charge in [0, 0.05) is 42.6 Å². The summed E-state index contributed by atoms with van der Waals surface area (Å²) in [6.45, 7) is 2.04. The predicted molar refractivity (Wildman–Crippen MR) is 143 cm³/mol. The highest BCUT2D eigenvalue weighted by atomic mass is 19.4. The Bertz CT molecular complexity index is 1300. The molecule has 3 heterocycles. The fourth-order valence-electron chi connectivity index (χ4n) is 7.17. The maximum absolute atomic E-state index is 14.4. The summed E-state index contributed by atoms with van der Waals surface area (Å²) in [7, 11) is 1.42. The molecule has 8 nitrogen and oxygen atoms in total. The summed E-state index contributed by atoms with van der Waals surface area (Å²) in [5.41, 5.74) is -1.12. The summed E-state index contributed by atoms with van der Waals surface area (Å²) in [6, 6.07) is 0.681. The van der Waals surface area contributed by atoms with Crippen molar-refractivity contribution >= 4 is 11.7 Å². The molecule has 5 rings (SSSR count). The van der Waals surface area contributed by atoms with Gasteiger partial charge in [-0.25, -0.2) is 13.8 Å². The lowest BCUT2D eigenvalue weighted by atomic mass is 9.70. The van der Waals surface area contributed by atoms with Crippen LogP contribution in [0.3, 0.4) is 0 Å². The minimum absolute atomic E-state index is 0.0327. The number of rotatable bonds is 8. The Morgan fingerprint density at radius 2 is 1.79 bits per heavy atom. The fourth-order valence-corrected chi connectivity index (χ4v) is 7.17.